The lowest BCUT2D eigenvalue weighted by molar-refractivity contribution is -0.385. The molecule has 0 radical (unpaired) electrons. The summed E-state index contributed by atoms with van der Waals surface area (Å²) < 4.78 is 5.19. The number of methoxy groups -OCH3 is 1. The van der Waals surface area contributed by atoms with E-state index in [9.17, 15) is 14.9 Å². The predicted molar refractivity (Wildman–Crippen MR) is 77.1 cm³/mol. The van der Waals surface area contributed by atoms with E-state index in [1.165, 1.54) is 25.3 Å². The fraction of sp³-hybridized carbons (Fsp3) is 0.0714. The first-order chi connectivity index (χ1) is 9.93. The zero-order valence-electron chi connectivity index (χ0n) is 10.9. The van der Waals surface area contributed by atoms with Crippen LogP contribution < -0.4 is 4.74 Å². The maximum Gasteiger partial charge on any atom is 0.342 e. The molecule has 0 bridgehead atoms. The Bertz CT molecular complexity index is 729. The number of aromatic carboxylic acids is 1. The first kappa shape index (κ1) is 14.8. The first-order valence-electron chi connectivity index (χ1n) is 5.79. The minimum absolute atomic E-state index is 0.371. The molecule has 0 fully saturated rings. The molecule has 0 atom stereocenters. The van der Waals surface area contributed by atoms with Gasteiger partial charge in [0.1, 0.15) is 11.3 Å². The van der Waals surface area contributed by atoms with Gasteiger partial charge in [0.2, 0.25) is 0 Å². The van der Waals surface area contributed by atoms with Crippen molar-refractivity contribution in [2.75, 3.05) is 7.11 Å². The third-order valence-electron chi connectivity index (χ3n) is 2.90. The van der Waals surface area contributed by atoms with Crippen molar-refractivity contribution in [2.45, 2.75) is 0 Å². The number of ether oxygens (including phenoxy) is 1. The molecular formula is C14H10ClNO5. The molecule has 0 aliphatic carbocycles. The summed E-state index contributed by atoms with van der Waals surface area (Å²) in [5.74, 6) is -0.872. The van der Waals surface area contributed by atoms with Crippen LogP contribution in [0.3, 0.4) is 0 Å². The van der Waals surface area contributed by atoms with Gasteiger partial charge in [-0.15, -0.1) is 0 Å². The Balaban J connectivity index is 2.66. The Morgan fingerprint density at radius 1 is 1.29 bits per heavy atom. The lowest BCUT2D eigenvalue weighted by atomic mass is 10.0. The summed E-state index contributed by atoms with van der Waals surface area (Å²) in [7, 11) is 1.47. The molecule has 0 aromatic heterocycles. The van der Waals surface area contributed by atoms with E-state index in [4.69, 9.17) is 21.4 Å². The number of carbonyl (C=O) groups is 1. The number of nitrogens with zero attached hydrogens (tertiary/aromatic N) is 1. The van der Waals surface area contributed by atoms with Crippen molar-refractivity contribution < 1.29 is 19.6 Å². The summed E-state index contributed by atoms with van der Waals surface area (Å²) in [5.41, 5.74) is 0.142. The molecule has 0 saturated carbocycles. The zero-order chi connectivity index (χ0) is 15.6. The number of carboxylic acid groups (broad SMARTS) is 1. The third-order valence-corrected chi connectivity index (χ3v) is 3.13. The van der Waals surface area contributed by atoms with Crippen LogP contribution in [0.15, 0.2) is 36.4 Å². The van der Waals surface area contributed by atoms with Crippen LogP contribution in [0, 0.1) is 10.1 Å². The van der Waals surface area contributed by atoms with E-state index >= 15 is 0 Å². The summed E-state index contributed by atoms with van der Waals surface area (Å²) in [6.07, 6.45) is 0. The zero-order valence-corrected chi connectivity index (χ0v) is 11.6. The molecule has 7 heteroatoms. The topological polar surface area (TPSA) is 89.7 Å². The second-order valence-electron chi connectivity index (χ2n) is 4.14. The lowest BCUT2D eigenvalue weighted by Crippen LogP contribution is -2.02. The van der Waals surface area contributed by atoms with E-state index in [1.54, 1.807) is 18.2 Å². The number of rotatable bonds is 4. The van der Waals surface area contributed by atoms with Gasteiger partial charge in [0.25, 0.3) is 5.69 Å². The summed E-state index contributed by atoms with van der Waals surface area (Å²) >= 11 is 5.92. The smallest absolute Gasteiger partial charge is 0.342 e. The molecular weight excluding hydrogens is 298 g/mol. The minimum atomic E-state index is -1.36. The van der Waals surface area contributed by atoms with Gasteiger partial charge in [-0.05, 0) is 29.8 Å². The van der Waals surface area contributed by atoms with Gasteiger partial charge in [-0.25, -0.2) is 4.79 Å². The van der Waals surface area contributed by atoms with E-state index in [2.05, 4.69) is 0 Å². The Kier molecular flexibility index (Phi) is 4.09. The molecule has 0 saturated heterocycles. The molecule has 0 unspecified atom stereocenters. The Morgan fingerprint density at radius 3 is 2.57 bits per heavy atom. The number of hydrogen-bond acceptors (Lipinski definition) is 4. The molecule has 21 heavy (non-hydrogen) atoms. The molecule has 2 rings (SSSR count). The minimum Gasteiger partial charge on any atom is -0.496 e. The largest absolute Gasteiger partial charge is 0.496 e. The van der Waals surface area contributed by atoms with Crippen LogP contribution in [0.4, 0.5) is 5.69 Å². The highest BCUT2D eigenvalue weighted by atomic mass is 35.5. The van der Waals surface area contributed by atoms with Crippen LogP contribution in [0.5, 0.6) is 5.75 Å². The average molecular weight is 308 g/mol. The van der Waals surface area contributed by atoms with Crippen LogP contribution in [-0.4, -0.2) is 23.1 Å². The monoisotopic (exact) mass is 307 g/mol. The molecule has 0 heterocycles. The standard InChI is InChI=1S/C14H10ClNO5/c1-21-13-5-3-9(15)7-11(13)8-2-4-10(14(17)18)12(6-8)16(19)20/h2-7H,1H3,(H,17,18). The number of halogens is 1. The number of hydrogen-bond donors (Lipinski definition) is 1. The summed E-state index contributed by atoms with van der Waals surface area (Å²) in [6.45, 7) is 0. The molecule has 1 N–H and O–H groups in total. The molecule has 6 nitrogen and oxygen atoms in total. The molecule has 0 aliphatic rings. The Hall–Kier alpha value is -2.60. The summed E-state index contributed by atoms with van der Waals surface area (Å²) in [6, 6.07) is 8.72. The van der Waals surface area contributed by atoms with Crippen molar-refractivity contribution in [1.29, 1.82) is 0 Å². The highest BCUT2D eigenvalue weighted by Crippen LogP contribution is 2.35. The highest BCUT2D eigenvalue weighted by Gasteiger charge is 2.21. The Morgan fingerprint density at radius 2 is 2.00 bits per heavy atom. The van der Waals surface area contributed by atoms with Crippen molar-refractivity contribution in [3.8, 4) is 16.9 Å². The van der Waals surface area contributed by atoms with Gasteiger partial charge in [-0.1, -0.05) is 17.7 Å². The van der Waals surface area contributed by atoms with E-state index < -0.39 is 16.6 Å². The highest BCUT2D eigenvalue weighted by molar-refractivity contribution is 6.31. The molecule has 2 aromatic rings. The van der Waals surface area contributed by atoms with Gasteiger partial charge >= 0.3 is 5.97 Å². The van der Waals surface area contributed by atoms with Crippen molar-refractivity contribution in [3.05, 3.63) is 57.1 Å². The van der Waals surface area contributed by atoms with E-state index in [0.717, 1.165) is 0 Å². The van der Waals surface area contributed by atoms with E-state index in [1.807, 2.05) is 0 Å². The SMILES string of the molecule is COc1ccc(Cl)cc1-c1ccc(C(=O)O)c([N+](=O)[O-])c1. The summed E-state index contributed by atoms with van der Waals surface area (Å²) in [5, 5.41) is 20.4. The van der Waals surface area contributed by atoms with Crippen LogP contribution >= 0.6 is 11.6 Å². The van der Waals surface area contributed by atoms with E-state index in [-0.39, 0.29) is 5.56 Å². The second-order valence-corrected chi connectivity index (χ2v) is 4.58. The van der Waals surface area contributed by atoms with Crippen molar-refractivity contribution in [2.24, 2.45) is 0 Å². The second kappa shape index (κ2) is 5.80. The normalized spacial score (nSPS) is 10.2. The fourth-order valence-electron chi connectivity index (χ4n) is 1.94. The van der Waals surface area contributed by atoms with Gasteiger partial charge in [0.15, 0.2) is 0 Å². The number of benzene rings is 2. The maximum absolute atomic E-state index is 11.0. The molecule has 2 aromatic carbocycles. The number of nitro benzene ring substituents is 1. The first-order valence-corrected chi connectivity index (χ1v) is 6.17. The van der Waals surface area contributed by atoms with Gasteiger partial charge in [0, 0.05) is 16.7 Å². The van der Waals surface area contributed by atoms with Crippen LogP contribution in [0.1, 0.15) is 10.4 Å². The van der Waals surface area contributed by atoms with Crippen molar-refractivity contribution in [1.82, 2.24) is 0 Å². The Labute approximate surface area is 124 Å². The third kappa shape index (κ3) is 2.95. The van der Waals surface area contributed by atoms with Gasteiger partial charge in [0.05, 0.1) is 12.0 Å². The maximum atomic E-state index is 11.0. The molecule has 0 spiro atoms. The molecule has 108 valence electrons. The number of carboxylic acids is 1. The van der Waals surface area contributed by atoms with Crippen LogP contribution in [0.25, 0.3) is 11.1 Å². The van der Waals surface area contributed by atoms with Gasteiger partial charge < -0.3 is 9.84 Å². The van der Waals surface area contributed by atoms with Gasteiger partial charge in [-0.2, -0.15) is 0 Å². The van der Waals surface area contributed by atoms with E-state index in [0.29, 0.717) is 21.9 Å². The number of nitro groups is 1. The quantitative estimate of drug-likeness (QED) is 0.688. The van der Waals surface area contributed by atoms with Crippen molar-refractivity contribution in [3.63, 3.8) is 0 Å². The predicted octanol–water partition coefficient (Wildman–Crippen LogP) is 3.62. The average Bonchev–Trinajstić information content (AvgIpc) is 2.46. The van der Waals surface area contributed by atoms with Gasteiger partial charge in [-0.3, -0.25) is 10.1 Å². The summed E-state index contributed by atoms with van der Waals surface area (Å²) in [4.78, 5) is 21.3. The molecule has 0 amide bonds. The fourth-order valence-corrected chi connectivity index (χ4v) is 2.11. The van der Waals surface area contributed by atoms with Crippen molar-refractivity contribution >= 4 is 23.3 Å². The van der Waals surface area contributed by atoms with Crippen LogP contribution in [-0.2, 0) is 0 Å². The molecule has 0 aliphatic heterocycles. The van der Waals surface area contributed by atoms with Crippen LogP contribution in [0.2, 0.25) is 5.02 Å². The lowest BCUT2D eigenvalue weighted by Gasteiger charge is -2.09.